The standard InChI is InChI=1S/C18H13FN6/c19-14-6-2-1-5-13(14)12-25-16(18-22-9-4-10-23-18)11-15(24-25)17-20-7-3-8-21-17/h1-11H,12H2. The van der Waals surface area contributed by atoms with Gasteiger partial charge in [-0.15, -0.1) is 0 Å². The quantitative estimate of drug-likeness (QED) is 0.575. The first-order chi connectivity index (χ1) is 12.3. The normalized spacial score (nSPS) is 10.8. The first-order valence-electron chi connectivity index (χ1n) is 7.67. The van der Waals surface area contributed by atoms with Crippen molar-refractivity contribution in [2.75, 3.05) is 0 Å². The Morgan fingerprint density at radius 3 is 2.12 bits per heavy atom. The van der Waals surface area contributed by atoms with Crippen molar-refractivity contribution in [2.45, 2.75) is 6.54 Å². The molecule has 0 saturated heterocycles. The van der Waals surface area contributed by atoms with Crippen LogP contribution >= 0.6 is 0 Å². The Balaban J connectivity index is 1.81. The second kappa shape index (κ2) is 6.56. The van der Waals surface area contributed by atoms with Gasteiger partial charge >= 0.3 is 0 Å². The van der Waals surface area contributed by atoms with Crippen molar-refractivity contribution in [3.05, 3.63) is 78.6 Å². The van der Waals surface area contributed by atoms with Crippen molar-refractivity contribution in [1.82, 2.24) is 29.7 Å². The summed E-state index contributed by atoms with van der Waals surface area (Å²) < 4.78 is 15.7. The summed E-state index contributed by atoms with van der Waals surface area (Å²) in [5.41, 5.74) is 1.79. The molecule has 0 unspecified atom stereocenters. The van der Waals surface area contributed by atoms with E-state index in [0.717, 1.165) is 0 Å². The Kier molecular flexibility index (Phi) is 3.96. The Bertz CT molecular complexity index is 985. The lowest BCUT2D eigenvalue weighted by Gasteiger charge is -2.07. The lowest BCUT2D eigenvalue weighted by atomic mass is 10.2. The van der Waals surface area contributed by atoms with Gasteiger partial charge in [0.25, 0.3) is 0 Å². The van der Waals surface area contributed by atoms with Crippen molar-refractivity contribution in [2.24, 2.45) is 0 Å². The zero-order valence-electron chi connectivity index (χ0n) is 13.1. The number of benzene rings is 1. The lowest BCUT2D eigenvalue weighted by molar-refractivity contribution is 0.586. The molecular formula is C18H13FN6. The van der Waals surface area contributed by atoms with Gasteiger partial charge in [-0.3, -0.25) is 4.68 Å². The lowest BCUT2D eigenvalue weighted by Crippen LogP contribution is -2.07. The molecule has 0 saturated carbocycles. The van der Waals surface area contributed by atoms with Crippen LogP contribution in [0.4, 0.5) is 4.39 Å². The Morgan fingerprint density at radius 1 is 0.800 bits per heavy atom. The van der Waals surface area contributed by atoms with E-state index in [1.54, 1.807) is 59.8 Å². The second-order valence-corrected chi connectivity index (χ2v) is 5.31. The number of rotatable bonds is 4. The fourth-order valence-electron chi connectivity index (χ4n) is 2.48. The zero-order valence-corrected chi connectivity index (χ0v) is 13.1. The summed E-state index contributed by atoms with van der Waals surface area (Å²) in [6.45, 7) is 0.257. The smallest absolute Gasteiger partial charge is 0.180 e. The molecule has 1 aromatic carbocycles. The van der Waals surface area contributed by atoms with Crippen LogP contribution in [-0.4, -0.2) is 29.7 Å². The number of hydrogen-bond donors (Lipinski definition) is 0. The van der Waals surface area contributed by atoms with Crippen molar-refractivity contribution in [3.63, 3.8) is 0 Å². The summed E-state index contributed by atoms with van der Waals surface area (Å²) in [6.07, 6.45) is 6.61. The predicted octanol–water partition coefficient (Wildman–Crippen LogP) is 2.98. The van der Waals surface area contributed by atoms with E-state index in [0.29, 0.717) is 28.6 Å². The average Bonchev–Trinajstić information content (AvgIpc) is 3.09. The van der Waals surface area contributed by atoms with Crippen LogP contribution in [0.5, 0.6) is 0 Å². The molecule has 4 rings (SSSR count). The second-order valence-electron chi connectivity index (χ2n) is 5.31. The van der Waals surface area contributed by atoms with Gasteiger partial charge in [0.2, 0.25) is 0 Å². The van der Waals surface area contributed by atoms with E-state index >= 15 is 0 Å². The summed E-state index contributed by atoms with van der Waals surface area (Å²) in [5, 5.41) is 4.54. The highest BCUT2D eigenvalue weighted by atomic mass is 19.1. The molecule has 0 aliphatic heterocycles. The van der Waals surface area contributed by atoms with Crippen molar-refractivity contribution >= 4 is 0 Å². The molecular weight excluding hydrogens is 319 g/mol. The van der Waals surface area contributed by atoms with Gasteiger partial charge in [-0.05, 0) is 24.3 Å². The molecule has 0 aliphatic carbocycles. The third-order valence-corrected chi connectivity index (χ3v) is 3.65. The largest absolute Gasteiger partial charge is 0.256 e. The van der Waals surface area contributed by atoms with Gasteiger partial charge in [0.1, 0.15) is 17.2 Å². The summed E-state index contributed by atoms with van der Waals surface area (Å²) in [7, 11) is 0. The van der Waals surface area contributed by atoms with Gasteiger partial charge in [-0.1, -0.05) is 18.2 Å². The minimum Gasteiger partial charge on any atom is -0.256 e. The maximum Gasteiger partial charge on any atom is 0.180 e. The van der Waals surface area contributed by atoms with Gasteiger partial charge in [0, 0.05) is 30.4 Å². The Morgan fingerprint density at radius 2 is 1.44 bits per heavy atom. The highest BCUT2D eigenvalue weighted by Crippen LogP contribution is 2.23. The van der Waals surface area contributed by atoms with E-state index in [9.17, 15) is 4.39 Å². The summed E-state index contributed by atoms with van der Waals surface area (Å²) in [6, 6.07) is 11.9. The van der Waals surface area contributed by atoms with E-state index in [-0.39, 0.29) is 12.4 Å². The van der Waals surface area contributed by atoms with Gasteiger partial charge in [-0.25, -0.2) is 24.3 Å². The van der Waals surface area contributed by atoms with Crippen LogP contribution in [0.25, 0.3) is 23.0 Å². The highest BCUT2D eigenvalue weighted by Gasteiger charge is 2.16. The molecule has 0 atom stereocenters. The molecule has 0 aliphatic rings. The van der Waals surface area contributed by atoms with E-state index in [1.807, 2.05) is 6.07 Å². The topological polar surface area (TPSA) is 69.4 Å². The summed E-state index contributed by atoms with van der Waals surface area (Å²) in [4.78, 5) is 17.0. The van der Waals surface area contributed by atoms with Gasteiger partial charge in [-0.2, -0.15) is 5.10 Å². The third-order valence-electron chi connectivity index (χ3n) is 3.65. The van der Waals surface area contributed by atoms with Crippen molar-refractivity contribution < 1.29 is 4.39 Å². The average molecular weight is 332 g/mol. The fraction of sp³-hybridized carbons (Fsp3) is 0.0556. The van der Waals surface area contributed by atoms with E-state index in [4.69, 9.17) is 0 Å². The molecule has 6 nitrogen and oxygen atoms in total. The molecule has 0 spiro atoms. The SMILES string of the molecule is Fc1ccccc1Cn1nc(-c2ncccn2)cc1-c1ncccn1. The van der Waals surface area contributed by atoms with Crippen LogP contribution in [0.15, 0.2) is 67.3 Å². The third kappa shape index (κ3) is 3.12. The molecule has 7 heteroatoms. The molecule has 0 bridgehead atoms. The van der Waals surface area contributed by atoms with Gasteiger partial charge in [0.05, 0.1) is 6.54 Å². The fourth-order valence-corrected chi connectivity index (χ4v) is 2.48. The van der Waals surface area contributed by atoms with Crippen molar-refractivity contribution in [1.29, 1.82) is 0 Å². The van der Waals surface area contributed by atoms with Crippen LogP contribution in [0.3, 0.4) is 0 Å². The summed E-state index contributed by atoms with van der Waals surface area (Å²) in [5.74, 6) is 0.718. The van der Waals surface area contributed by atoms with Crippen LogP contribution in [0.1, 0.15) is 5.56 Å². The number of halogens is 1. The van der Waals surface area contributed by atoms with Crippen molar-refractivity contribution in [3.8, 4) is 23.0 Å². The molecule has 0 radical (unpaired) electrons. The number of aromatic nitrogens is 6. The van der Waals surface area contributed by atoms with Crippen LogP contribution in [0, 0.1) is 5.82 Å². The van der Waals surface area contributed by atoms with Gasteiger partial charge < -0.3 is 0 Å². The molecule has 0 amide bonds. The minimum atomic E-state index is -0.282. The molecule has 3 aromatic heterocycles. The maximum absolute atomic E-state index is 14.0. The van der Waals surface area contributed by atoms with Crippen LogP contribution in [0.2, 0.25) is 0 Å². The molecule has 0 fully saturated rings. The number of nitrogens with zero attached hydrogens (tertiary/aromatic N) is 6. The predicted molar refractivity (Wildman–Crippen MR) is 89.8 cm³/mol. The van der Waals surface area contributed by atoms with E-state index in [2.05, 4.69) is 25.0 Å². The summed E-state index contributed by atoms with van der Waals surface area (Å²) >= 11 is 0. The number of hydrogen-bond acceptors (Lipinski definition) is 5. The van der Waals surface area contributed by atoms with E-state index in [1.165, 1.54) is 6.07 Å². The molecule has 0 N–H and O–H groups in total. The zero-order chi connectivity index (χ0) is 17.1. The molecule has 25 heavy (non-hydrogen) atoms. The molecule has 3 heterocycles. The van der Waals surface area contributed by atoms with E-state index < -0.39 is 0 Å². The first kappa shape index (κ1) is 15.1. The first-order valence-corrected chi connectivity index (χ1v) is 7.67. The van der Waals surface area contributed by atoms with Crippen LogP contribution in [-0.2, 0) is 6.54 Å². The van der Waals surface area contributed by atoms with Crippen LogP contribution < -0.4 is 0 Å². The Hall–Kier alpha value is -3.48. The Labute approximate surface area is 143 Å². The van der Waals surface area contributed by atoms with Gasteiger partial charge in [0.15, 0.2) is 11.6 Å². The molecule has 122 valence electrons. The maximum atomic E-state index is 14.0. The highest BCUT2D eigenvalue weighted by molar-refractivity contribution is 5.60. The minimum absolute atomic E-state index is 0.257. The monoisotopic (exact) mass is 332 g/mol. The molecule has 4 aromatic rings.